The molecule has 4 unspecified atom stereocenters. The van der Waals surface area contributed by atoms with Crippen LogP contribution in [0.4, 0.5) is 32.0 Å². The van der Waals surface area contributed by atoms with Crippen molar-refractivity contribution in [3.8, 4) is 11.5 Å². The van der Waals surface area contributed by atoms with E-state index in [0.29, 0.717) is 22.6 Å². The fourth-order valence-electron chi connectivity index (χ4n) is 7.10. The Balaban J connectivity index is 1.49. The maximum Gasteiger partial charge on any atom is 0.416 e. The zero-order valence-electron chi connectivity index (χ0n) is 24.3. The van der Waals surface area contributed by atoms with Crippen molar-refractivity contribution in [3.05, 3.63) is 87.5 Å². The summed E-state index contributed by atoms with van der Waals surface area (Å²) in [7, 11) is 0. The van der Waals surface area contributed by atoms with Gasteiger partial charge in [0, 0.05) is 28.2 Å². The number of alkyl halides is 6. The van der Waals surface area contributed by atoms with E-state index in [1.165, 1.54) is 25.1 Å². The predicted octanol–water partition coefficient (Wildman–Crippen LogP) is 6.46. The lowest BCUT2D eigenvalue weighted by atomic mass is 9.59. The number of Topliss-reactive ketones (excluding diaryl/α,β-unsaturated/α-hetero) is 1. The standard InChI is InChI=1S/C33H25F6NO6/c1-3-46-24-6-4-5-19(29(24)43)25-18-7-8-20-26(21(18)13-22-27(25)23(41)9-14(2)28(22)42)31(45)40(30(20)44)17-11-15(32(34,35)36)10-16(12-17)33(37,38)39/h4-7,9-12,20-21,25-26,43H,3,8,13H2,1-2H3. The molecule has 1 heterocycles. The average Bonchev–Trinajstić information content (AvgIpc) is 3.24. The Labute approximate surface area is 257 Å². The number of halogens is 6. The molecule has 7 nitrogen and oxygen atoms in total. The molecule has 3 aliphatic carbocycles. The van der Waals surface area contributed by atoms with Crippen molar-refractivity contribution in [2.75, 3.05) is 11.5 Å². The highest BCUT2D eigenvalue weighted by Crippen LogP contribution is 2.57. The van der Waals surface area contributed by atoms with Crippen LogP contribution in [0.25, 0.3) is 0 Å². The number of anilines is 1. The summed E-state index contributed by atoms with van der Waals surface area (Å²) in [6.07, 6.45) is -7.92. The number of hydrogen-bond donors (Lipinski definition) is 1. The molecule has 2 amide bonds. The van der Waals surface area contributed by atoms with Gasteiger partial charge in [0.2, 0.25) is 11.8 Å². The largest absolute Gasteiger partial charge is 0.504 e. The van der Waals surface area contributed by atoms with Crippen molar-refractivity contribution < 1.29 is 55.4 Å². The smallest absolute Gasteiger partial charge is 0.416 e. The molecule has 1 fully saturated rings. The number of ketones is 2. The van der Waals surface area contributed by atoms with Gasteiger partial charge in [-0.1, -0.05) is 23.8 Å². The second-order valence-corrected chi connectivity index (χ2v) is 11.6. The number of aromatic hydroxyl groups is 1. The summed E-state index contributed by atoms with van der Waals surface area (Å²) in [5, 5.41) is 11.2. The SMILES string of the molecule is CCOc1cccc(C2C3=CCC4C(=O)N(c5cc(C(F)(F)F)cc(C(F)(F)F)c5)C(=O)C4C3CC3=C2C(=O)C=C(C)C3=O)c1O. The van der Waals surface area contributed by atoms with E-state index in [1.807, 2.05) is 0 Å². The van der Waals surface area contributed by atoms with Gasteiger partial charge in [0.05, 0.1) is 35.3 Å². The number of allylic oxidation sites excluding steroid dienone is 6. The maximum absolute atomic E-state index is 14.0. The summed E-state index contributed by atoms with van der Waals surface area (Å²) in [5.41, 5.74) is -3.32. The number of nitrogens with zero attached hydrogens (tertiary/aromatic N) is 1. The molecular formula is C33H25F6NO6. The van der Waals surface area contributed by atoms with E-state index in [9.17, 15) is 50.6 Å². The number of phenols is 1. The van der Waals surface area contributed by atoms with Crippen LogP contribution in [0, 0.1) is 17.8 Å². The van der Waals surface area contributed by atoms with Crippen LogP contribution in [0.15, 0.2) is 70.8 Å². The molecule has 0 radical (unpaired) electrons. The normalized spacial score (nSPS) is 24.8. The third-order valence-corrected chi connectivity index (χ3v) is 9.03. The Hall–Kier alpha value is -4.68. The molecule has 1 aliphatic heterocycles. The number of fused-ring (bicyclic) bond motifs is 3. The Morgan fingerprint density at radius 2 is 1.59 bits per heavy atom. The van der Waals surface area contributed by atoms with Gasteiger partial charge < -0.3 is 9.84 Å². The minimum atomic E-state index is -5.21. The van der Waals surface area contributed by atoms with Gasteiger partial charge in [-0.25, -0.2) is 4.90 Å². The Morgan fingerprint density at radius 1 is 0.935 bits per heavy atom. The number of ether oxygens (including phenoxy) is 1. The molecule has 4 aliphatic rings. The Bertz CT molecular complexity index is 1780. The number of rotatable bonds is 4. The van der Waals surface area contributed by atoms with Crippen LogP contribution in [0.2, 0.25) is 0 Å². The van der Waals surface area contributed by atoms with Crippen LogP contribution in [0.3, 0.4) is 0 Å². The van der Waals surface area contributed by atoms with E-state index in [2.05, 4.69) is 0 Å². The zero-order chi connectivity index (χ0) is 33.5. The van der Waals surface area contributed by atoms with Crippen LogP contribution >= 0.6 is 0 Å². The van der Waals surface area contributed by atoms with E-state index < -0.39 is 76.2 Å². The molecule has 240 valence electrons. The van der Waals surface area contributed by atoms with Crippen LogP contribution in [-0.4, -0.2) is 35.1 Å². The summed E-state index contributed by atoms with van der Waals surface area (Å²) in [4.78, 5) is 54.9. The van der Waals surface area contributed by atoms with Crippen molar-refractivity contribution in [2.24, 2.45) is 17.8 Å². The topological polar surface area (TPSA) is 101 Å². The number of imide groups is 1. The highest BCUT2D eigenvalue weighted by Gasteiger charge is 2.57. The Kier molecular flexibility index (Phi) is 7.28. The van der Waals surface area contributed by atoms with Crippen molar-refractivity contribution in [1.82, 2.24) is 0 Å². The van der Waals surface area contributed by atoms with Crippen molar-refractivity contribution in [2.45, 2.75) is 45.0 Å². The summed E-state index contributed by atoms with van der Waals surface area (Å²) in [6, 6.07) is 5.17. The summed E-state index contributed by atoms with van der Waals surface area (Å²) < 4.78 is 87.4. The van der Waals surface area contributed by atoms with E-state index in [-0.39, 0.29) is 59.3 Å². The summed E-state index contributed by atoms with van der Waals surface area (Å²) >= 11 is 0. The molecule has 4 atom stereocenters. The second-order valence-electron chi connectivity index (χ2n) is 11.6. The van der Waals surface area contributed by atoms with E-state index in [1.54, 1.807) is 19.1 Å². The predicted molar refractivity (Wildman–Crippen MR) is 150 cm³/mol. The van der Waals surface area contributed by atoms with Crippen LogP contribution in [0.1, 0.15) is 49.3 Å². The number of benzene rings is 2. The third-order valence-electron chi connectivity index (χ3n) is 9.03. The van der Waals surface area contributed by atoms with Gasteiger partial charge in [0.15, 0.2) is 23.1 Å². The summed E-state index contributed by atoms with van der Waals surface area (Å²) in [6.45, 7) is 3.34. The molecule has 1 N–H and O–H groups in total. The monoisotopic (exact) mass is 645 g/mol. The van der Waals surface area contributed by atoms with Gasteiger partial charge in [0.25, 0.3) is 0 Å². The number of para-hydroxylation sites is 1. The van der Waals surface area contributed by atoms with Gasteiger partial charge in [-0.05, 0) is 62.9 Å². The molecule has 0 bridgehead atoms. The van der Waals surface area contributed by atoms with Crippen LogP contribution in [-0.2, 0) is 31.5 Å². The van der Waals surface area contributed by atoms with Gasteiger partial charge >= 0.3 is 12.4 Å². The highest BCUT2D eigenvalue weighted by molar-refractivity contribution is 6.25. The highest BCUT2D eigenvalue weighted by atomic mass is 19.4. The molecule has 46 heavy (non-hydrogen) atoms. The van der Waals surface area contributed by atoms with E-state index >= 15 is 0 Å². The molecule has 0 spiro atoms. The molecule has 0 saturated carbocycles. The zero-order valence-corrected chi connectivity index (χ0v) is 24.3. The lowest BCUT2D eigenvalue weighted by Crippen LogP contribution is -2.39. The van der Waals surface area contributed by atoms with Crippen molar-refractivity contribution >= 4 is 29.1 Å². The molecule has 0 aromatic heterocycles. The average molecular weight is 646 g/mol. The van der Waals surface area contributed by atoms with Gasteiger partial charge in [-0.2, -0.15) is 26.3 Å². The van der Waals surface area contributed by atoms with Crippen LogP contribution < -0.4 is 9.64 Å². The number of amides is 2. The number of carbonyl (C=O) groups is 4. The van der Waals surface area contributed by atoms with Crippen LogP contribution in [0.5, 0.6) is 11.5 Å². The number of carbonyl (C=O) groups excluding carboxylic acids is 4. The minimum Gasteiger partial charge on any atom is -0.504 e. The second kappa shape index (κ2) is 10.7. The van der Waals surface area contributed by atoms with Gasteiger partial charge in [0.1, 0.15) is 0 Å². The molecule has 13 heteroatoms. The molecule has 2 aromatic rings. The first kappa shape index (κ1) is 31.3. The van der Waals surface area contributed by atoms with E-state index in [4.69, 9.17) is 4.74 Å². The molecule has 6 rings (SSSR count). The molecule has 2 aromatic carbocycles. The van der Waals surface area contributed by atoms with Crippen molar-refractivity contribution in [3.63, 3.8) is 0 Å². The van der Waals surface area contributed by atoms with Gasteiger partial charge in [-0.15, -0.1) is 0 Å². The number of phenolic OH excluding ortho intramolecular Hbond substituents is 1. The molecular weight excluding hydrogens is 620 g/mol. The fourth-order valence-corrected chi connectivity index (χ4v) is 7.10. The lowest BCUT2D eigenvalue weighted by Gasteiger charge is -2.42. The first-order chi connectivity index (χ1) is 21.5. The van der Waals surface area contributed by atoms with E-state index in [0.717, 1.165) is 0 Å². The quantitative estimate of drug-likeness (QED) is 0.177. The lowest BCUT2D eigenvalue weighted by molar-refractivity contribution is -0.143. The van der Waals surface area contributed by atoms with Crippen molar-refractivity contribution in [1.29, 1.82) is 0 Å². The first-order valence-electron chi connectivity index (χ1n) is 14.4. The van der Waals surface area contributed by atoms with Gasteiger partial charge in [-0.3, -0.25) is 19.2 Å². The minimum absolute atomic E-state index is 0.0659. The maximum atomic E-state index is 14.0. The fraction of sp³-hybridized carbons (Fsp3) is 0.333. The Morgan fingerprint density at radius 3 is 2.20 bits per heavy atom. The number of hydrogen-bond acceptors (Lipinski definition) is 6. The summed E-state index contributed by atoms with van der Waals surface area (Å²) in [5.74, 6) is -7.57. The first-order valence-corrected chi connectivity index (χ1v) is 14.4. The molecule has 1 saturated heterocycles. The third kappa shape index (κ3) is 4.83.